The second-order valence-corrected chi connectivity index (χ2v) is 7.55. The maximum Gasteiger partial charge on any atom is 0.330 e. The number of nitrogens with zero attached hydrogens (tertiary/aromatic N) is 3. The highest BCUT2D eigenvalue weighted by atomic mass is 16.4. The topological polar surface area (TPSA) is 97.1 Å². The summed E-state index contributed by atoms with van der Waals surface area (Å²) in [5.41, 5.74) is 4.55. The van der Waals surface area contributed by atoms with Crippen molar-refractivity contribution in [3.05, 3.63) is 84.4 Å². The maximum absolute atomic E-state index is 12.7. The number of aliphatic carboxylic acids is 1. The molecule has 0 aliphatic carbocycles. The van der Waals surface area contributed by atoms with Crippen LogP contribution in [0.5, 0.6) is 0 Å². The molecule has 0 spiro atoms. The lowest BCUT2D eigenvalue weighted by Crippen LogP contribution is -2.34. The summed E-state index contributed by atoms with van der Waals surface area (Å²) in [6.07, 6.45) is 0.110. The van der Waals surface area contributed by atoms with Gasteiger partial charge in [0.05, 0.1) is 16.6 Å². The van der Waals surface area contributed by atoms with Crippen LogP contribution < -0.4 is 5.32 Å². The standard InChI is InChI=1S/C25H20N4O3/c30-21(28-22(25(31)32)16-8-2-1-3-9-16)14-15-29-20-13-7-4-10-17(20)23-24(29)27-19-12-6-5-11-18(19)26-23/h1-13,22H,14-15H2,(H,28,30)(H,31,32). The third kappa shape index (κ3) is 3.54. The van der Waals surface area contributed by atoms with Crippen LogP contribution in [0, 0.1) is 0 Å². The van der Waals surface area contributed by atoms with Crippen LogP contribution in [0.4, 0.5) is 0 Å². The summed E-state index contributed by atoms with van der Waals surface area (Å²) in [4.78, 5) is 34.0. The number of aromatic nitrogens is 3. The quantitative estimate of drug-likeness (QED) is 0.428. The van der Waals surface area contributed by atoms with Gasteiger partial charge in [0.25, 0.3) is 0 Å². The van der Waals surface area contributed by atoms with Crippen molar-refractivity contribution in [3.8, 4) is 0 Å². The van der Waals surface area contributed by atoms with Gasteiger partial charge in [0.2, 0.25) is 5.91 Å². The molecule has 1 amide bonds. The molecular formula is C25H20N4O3. The molecule has 3 aromatic carbocycles. The number of hydrogen-bond donors (Lipinski definition) is 2. The number of aryl methyl sites for hydroxylation is 1. The van der Waals surface area contributed by atoms with Gasteiger partial charge in [-0.05, 0) is 23.8 Å². The van der Waals surface area contributed by atoms with E-state index >= 15 is 0 Å². The summed E-state index contributed by atoms with van der Waals surface area (Å²) in [6, 6.07) is 23.1. The summed E-state index contributed by atoms with van der Waals surface area (Å²) in [5.74, 6) is -1.44. The lowest BCUT2D eigenvalue weighted by molar-refractivity contribution is -0.142. The van der Waals surface area contributed by atoms with Crippen LogP contribution in [0.2, 0.25) is 0 Å². The summed E-state index contributed by atoms with van der Waals surface area (Å²) in [5, 5.41) is 13.2. The van der Waals surface area contributed by atoms with Crippen LogP contribution >= 0.6 is 0 Å². The van der Waals surface area contributed by atoms with E-state index in [2.05, 4.69) is 5.32 Å². The zero-order valence-electron chi connectivity index (χ0n) is 17.1. The lowest BCUT2D eigenvalue weighted by Gasteiger charge is -2.15. The number of rotatable bonds is 6. The van der Waals surface area contributed by atoms with Crippen molar-refractivity contribution in [1.82, 2.24) is 19.9 Å². The van der Waals surface area contributed by atoms with Crippen molar-refractivity contribution in [2.75, 3.05) is 0 Å². The molecule has 7 nitrogen and oxygen atoms in total. The third-order valence-corrected chi connectivity index (χ3v) is 5.51. The number of carbonyl (C=O) groups excluding carboxylic acids is 1. The third-order valence-electron chi connectivity index (χ3n) is 5.51. The number of para-hydroxylation sites is 3. The fourth-order valence-corrected chi connectivity index (χ4v) is 3.99. The van der Waals surface area contributed by atoms with Gasteiger partial charge < -0.3 is 15.0 Å². The second-order valence-electron chi connectivity index (χ2n) is 7.55. The molecule has 1 atom stereocenters. The van der Waals surface area contributed by atoms with E-state index in [1.165, 1.54) is 0 Å². The average Bonchev–Trinajstić information content (AvgIpc) is 3.12. The largest absolute Gasteiger partial charge is 0.479 e. The Morgan fingerprint density at radius 1 is 0.875 bits per heavy atom. The average molecular weight is 424 g/mol. The fraction of sp³-hybridized carbons (Fsp3) is 0.120. The molecule has 2 N–H and O–H groups in total. The van der Waals surface area contributed by atoms with E-state index in [0.29, 0.717) is 17.8 Å². The van der Waals surface area contributed by atoms with Crippen molar-refractivity contribution in [3.63, 3.8) is 0 Å². The molecule has 158 valence electrons. The smallest absolute Gasteiger partial charge is 0.330 e. The van der Waals surface area contributed by atoms with E-state index in [1.807, 2.05) is 53.1 Å². The number of carboxylic acids is 1. The van der Waals surface area contributed by atoms with E-state index in [4.69, 9.17) is 9.97 Å². The Kier molecular flexibility index (Phi) is 4.99. The Balaban J connectivity index is 1.46. The number of hydrogen-bond acceptors (Lipinski definition) is 4. The van der Waals surface area contributed by atoms with Crippen molar-refractivity contribution in [2.45, 2.75) is 19.0 Å². The van der Waals surface area contributed by atoms with Crippen LogP contribution in [0.1, 0.15) is 18.0 Å². The highest BCUT2D eigenvalue weighted by molar-refractivity contribution is 6.06. The predicted octanol–water partition coefficient (Wildman–Crippen LogP) is 4.07. The van der Waals surface area contributed by atoms with Gasteiger partial charge in [-0.15, -0.1) is 0 Å². The van der Waals surface area contributed by atoms with Crippen LogP contribution in [-0.2, 0) is 16.1 Å². The van der Waals surface area contributed by atoms with Crippen LogP contribution in [0.15, 0.2) is 78.9 Å². The Morgan fingerprint density at radius 2 is 1.53 bits per heavy atom. The van der Waals surface area contributed by atoms with Gasteiger partial charge in [-0.25, -0.2) is 14.8 Å². The molecule has 2 aromatic heterocycles. The first kappa shape index (κ1) is 19.7. The minimum absolute atomic E-state index is 0.110. The number of carboxylic acid groups (broad SMARTS) is 1. The molecule has 0 saturated heterocycles. The molecule has 0 aliphatic heterocycles. The molecule has 0 saturated carbocycles. The first-order valence-electron chi connectivity index (χ1n) is 10.3. The highest BCUT2D eigenvalue weighted by Gasteiger charge is 2.22. The zero-order valence-corrected chi connectivity index (χ0v) is 17.1. The Bertz CT molecular complexity index is 1460. The van der Waals surface area contributed by atoms with Gasteiger partial charge in [0.1, 0.15) is 5.52 Å². The van der Waals surface area contributed by atoms with Crippen molar-refractivity contribution < 1.29 is 14.7 Å². The van der Waals surface area contributed by atoms with Crippen LogP contribution in [0.25, 0.3) is 33.1 Å². The number of benzene rings is 3. The summed E-state index contributed by atoms with van der Waals surface area (Å²) < 4.78 is 1.97. The lowest BCUT2D eigenvalue weighted by atomic mass is 10.1. The number of fused-ring (bicyclic) bond motifs is 4. The fourth-order valence-electron chi connectivity index (χ4n) is 3.99. The van der Waals surface area contributed by atoms with Crippen LogP contribution in [-0.4, -0.2) is 31.5 Å². The monoisotopic (exact) mass is 424 g/mol. The molecule has 5 rings (SSSR count). The van der Waals surface area contributed by atoms with E-state index in [9.17, 15) is 14.7 Å². The minimum Gasteiger partial charge on any atom is -0.479 e. The van der Waals surface area contributed by atoms with Gasteiger partial charge in [-0.2, -0.15) is 0 Å². The number of amides is 1. The van der Waals surface area contributed by atoms with E-state index < -0.39 is 12.0 Å². The normalized spacial score (nSPS) is 12.2. The predicted molar refractivity (Wildman–Crippen MR) is 122 cm³/mol. The molecule has 7 heteroatoms. The highest BCUT2D eigenvalue weighted by Crippen LogP contribution is 2.28. The van der Waals surface area contributed by atoms with Gasteiger partial charge in [-0.3, -0.25) is 4.79 Å². The van der Waals surface area contributed by atoms with Gasteiger partial charge in [0, 0.05) is 18.4 Å². The molecule has 0 radical (unpaired) electrons. The molecule has 0 fully saturated rings. The second kappa shape index (κ2) is 8.11. The summed E-state index contributed by atoms with van der Waals surface area (Å²) in [6.45, 7) is 0.351. The van der Waals surface area contributed by atoms with Gasteiger partial charge >= 0.3 is 5.97 Å². The molecule has 5 aromatic rings. The van der Waals surface area contributed by atoms with Crippen molar-refractivity contribution in [1.29, 1.82) is 0 Å². The SMILES string of the molecule is O=C(CCn1c2ccccc2c2nc3ccccc3nc21)NC(C(=O)O)c1ccccc1. The van der Waals surface area contributed by atoms with Gasteiger partial charge in [0.15, 0.2) is 11.7 Å². The number of nitrogens with one attached hydrogen (secondary N) is 1. The molecule has 0 aliphatic rings. The summed E-state index contributed by atoms with van der Waals surface area (Å²) >= 11 is 0. The first-order valence-corrected chi connectivity index (χ1v) is 10.3. The Hall–Kier alpha value is -4.26. The van der Waals surface area contributed by atoms with Gasteiger partial charge in [-0.1, -0.05) is 60.7 Å². The van der Waals surface area contributed by atoms with E-state index in [1.54, 1.807) is 30.3 Å². The molecular weight excluding hydrogens is 404 g/mol. The van der Waals surface area contributed by atoms with Crippen molar-refractivity contribution >= 4 is 45.0 Å². The molecule has 2 heterocycles. The molecule has 1 unspecified atom stereocenters. The minimum atomic E-state index is -1.10. The van der Waals surface area contributed by atoms with Crippen molar-refractivity contribution in [2.24, 2.45) is 0 Å². The Morgan fingerprint density at radius 3 is 2.28 bits per heavy atom. The molecule has 32 heavy (non-hydrogen) atoms. The maximum atomic E-state index is 12.7. The number of carbonyl (C=O) groups is 2. The summed E-state index contributed by atoms with van der Waals surface area (Å²) in [7, 11) is 0. The van der Waals surface area contributed by atoms with Crippen LogP contribution in [0.3, 0.4) is 0 Å². The van der Waals surface area contributed by atoms with E-state index in [-0.39, 0.29) is 12.3 Å². The first-order chi connectivity index (χ1) is 15.6. The van der Waals surface area contributed by atoms with E-state index in [0.717, 1.165) is 27.5 Å². The molecule has 0 bridgehead atoms. The Labute approximate surface area is 183 Å². The zero-order chi connectivity index (χ0) is 22.1.